The highest BCUT2D eigenvalue weighted by molar-refractivity contribution is 14.0. The number of nitrogens with one attached hydrogen (secondary N) is 2. The lowest BCUT2D eigenvalue weighted by atomic mass is 10.2. The van der Waals surface area contributed by atoms with E-state index in [1.807, 2.05) is 31.2 Å². The van der Waals surface area contributed by atoms with E-state index in [2.05, 4.69) is 34.7 Å². The monoisotopic (exact) mass is 516 g/mol. The Labute approximate surface area is 188 Å². The number of thiophene rings is 1. The molecule has 0 aliphatic rings. The smallest absolute Gasteiger partial charge is 0.259 e. The Balaban J connectivity index is 0.00000392. The number of halogens is 1. The Kier molecular flexibility index (Phi) is 10.9. The van der Waals surface area contributed by atoms with Gasteiger partial charge in [-0.05, 0) is 43.7 Å². The molecule has 0 saturated carbocycles. The Morgan fingerprint density at radius 3 is 2.64 bits per heavy atom. The zero-order valence-corrected chi connectivity index (χ0v) is 20.0. The molecule has 2 rings (SSSR count). The van der Waals surface area contributed by atoms with Gasteiger partial charge in [0.1, 0.15) is 5.75 Å². The summed E-state index contributed by atoms with van der Waals surface area (Å²) in [4.78, 5) is 20.4. The number of aliphatic imine (C=N–C) groups is 1. The number of aryl methyl sites for hydroxylation is 1. The summed E-state index contributed by atoms with van der Waals surface area (Å²) in [6, 6.07) is 11.9. The second-order valence-corrected chi connectivity index (χ2v) is 7.66. The number of benzene rings is 1. The van der Waals surface area contributed by atoms with E-state index >= 15 is 0 Å². The molecule has 0 fully saturated rings. The van der Waals surface area contributed by atoms with Crippen molar-refractivity contribution in [3.05, 3.63) is 51.7 Å². The predicted molar refractivity (Wildman–Crippen MR) is 127 cm³/mol. The summed E-state index contributed by atoms with van der Waals surface area (Å²) < 4.78 is 5.56. The zero-order valence-electron chi connectivity index (χ0n) is 16.8. The molecule has 1 heterocycles. The summed E-state index contributed by atoms with van der Waals surface area (Å²) in [7, 11) is 3.42. The fraction of sp³-hybridized carbons (Fsp3) is 0.400. The van der Waals surface area contributed by atoms with Crippen LogP contribution in [0.15, 0.2) is 41.4 Å². The number of likely N-dealkylation sites (N-methyl/N-ethyl adjacent to an activating group) is 1. The molecular formula is C20H29IN4O2S. The minimum atomic E-state index is -0.0686. The number of ether oxygens (including phenoxy) is 1. The summed E-state index contributed by atoms with van der Waals surface area (Å²) in [5.74, 6) is 1.38. The molecule has 0 saturated heterocycles. The number of carbonyl (C=O) groups excluding carboxylic acids is 1. The van der Waals surface area contributed by atoms with Gasteiger partial charge in [0.05, 0.1) is 13.1 Å². The first-order chi connectivity index (χ1) is 13.0. The van der Waals surface area contributed by atoms with E-state index < -0.39 is 0 Å². The van der Waals surface area contributed by atoms with Crippen molar-refractivity contribution < 1.29 is 9.53 Å². The number of rotatable bonds is 8. The zero-order chi connectivity index (χ0) is 19.6. The van der Waals surface area contributed by atoms with Crippen molar-refractivity contribution in [1.82, 2.24) is 15.5 Å². The summed E-state index contributed by atoms with van der Waals surface area (Å²) >= 11 is 1.78. The predicted octanol–water partition coefficient (Wildman–Crippen LogP) is 3.40. The van der Waals surface area contributed by atoms with Crippen LogP contribution in [-0.4, -0.2) is 44.0 Å². The first-order valence-corrected chi connectivity index (χ1v) is 9.79. The molecule has 2 N–H and O–H groups in total. The molecule has 1 aromatic carbocycles. The van der Waals surface area contributed by atoms with Crippen molar-refractivity contribution in [2.45, 2.75) is 26.9 Å². The number of guanidine groups is 1. The van der Waals surface area contributed by atoms with Crippen molar-refractivity contribution in [3.8, 4) is 5.75 Å². The topological polar surface area (TPSA) is 66.0 Å². The van der Waals surface area contributed by atoms with Crippen LogP contribution in [0.3, 0.4) is 0 Å². The van der Waals surface area contributed by atoms with Gasteiger partial charge in [0, 0.05) is 30.4 Å². The average Bonchev–Trinajstić information content (AvgIpc) is 3.07. The molecule has 0 spiro atoms. The SMILES string of the molecule is CCNC(=NCc1cccc(OCC(=O)N(C)C)c1)NCc1ccc(C)s1.I. The third-order valence-electron chi connectivity index (χ3n) is 3.75. The Morgan fingerprint density at radius 2 is 2.00 bits per heavy atom. The highest BCUT2D eigenvalue weighted by atomic mass is 127. The van der Waals surface area contributed by atoms with Crippen LogP contribution in [0.2, 0.25) is 0 Å². The van der Waals surface area contributed by atoms with E-state index in [1.54, 1.807) is 25.4 Å². The van der Waals surface area contributed by atoms with Gasteiger partial charge in [-0.3, -0.25) is 4.79 Å². The lowest BCUT2D eigenvalue weighted by Crippen LogP contribution is -2.36. The van der Waals surface area contributed by atoms with E-state index in [-0.39, 0.29) is 36.5 Å². The maximum atomic E-state index is 11.6. The van der Waals surface area contributed by atoms with Crippen molar-refractivity contribution in [3.63, 3.8) is 0 Å². The van der Waals surface area contributed by atoms with Gasteiger partial charge >= 0.3 is 0 Å². The van der Waals surface area contributed by atoms with Crippen LogP contribution in [0.25, 0.3) is 0 Å². The van der Waals surface area contributed by atoms with E-state index in [0.29, 0.717) is 12.3 Å². The molecule has 0 bridgehead atoms. The molecule has 154 valence electrons. The summed E-state index contributed by atoms with van der Waals surface area (Å²) in [5, 5.41) is 6.61. The van der Waals surface area contributed by atoms with Crippen molar-refractivity contribution in [2.75, 3.05) is 27.2 Å². The van der Waals surface area contributed by atoms with Crippen LogP contribution in [-0.2, 0) is 17.9 Å². The lowest BCUT2D eigenvalue weighted by Gasteiger charge is -2.12. The quantitative estimate of drug-likeness (QED) is 0.321. The normalized spacial score (nSPS) is 10.8. The maximum Gasteiger partial charge on any atom is 0.259 e. The van der Waals surface area contributed by atoms with Gasteiger partial charge in [-0.15, -0.1) is 35.3 Å². The third-order valence-corrected chi connectivity index (χ3v) is 4.75. The average molecular weight is 516 g/mol. The van der Waals surface area contributed by atoms with Gasteiger partial charge in [0.25, 0.3) is 5.91 Å². The molecule has 28 heavy (non-hydrogen) atoms. The maximum absolute atomic E-state index is 11.6. The van der Waals surface area contributed by atoms with E-state index in [9.17, 15) is 4.79 Å². The van der Waals surface area contributed by atoms with Crippen molar-refractivity contribution in [2.24, 2.45) is 4.99 Å². The Bertz CT molecular complexity index is 777. The van der Waals surface area contributed by atoms with E-state index in [4.69, 9.17) is 4.74 Å². The molecule has 8 heteroatoms. The number of carbonyl (C=O) groups is 1. The molecule has 0 atom stereocenters. The molecule has 0 radical (unpaired) electrons. The second-order valence-electron chi connectivity index (χ2n) is 6.29. The van der Waals surface area contributed by atoms with Crippen LogP contribution in [0, 0.1) is 6.92 Å². The van der Waals surface area contributed by atoms with Crippen molar-refractivity contribution in [1.29, 1.82) is 0 Å². The molecule has 0 aliphatic carbocycles. The fourth-order valence-corrected chi connectivity index (χ4v) is 3.10. The molecule has 1 aromatic heterocycles. The second kappa shape index (κ2) is 12.6. The summed E-state index contributed by atoms with van der Waals surface area (Å²) in [6.45, 7) is 6.25. The summed E-state index contributed by atoms with van der Waals surface area (Å²) in [6.07, 6.45) is 0. The van der Waals surface area contributed by atoms with Gasteiger partial charge in [-0.1, -0.05) is 12.1 Å². The summed E-state index contributed by atoms with van der Waals surface area (Å²) in [5.41, 5.74) is 1.02. The Hall–Kier alpha value is -1.81. The minimum Gasteiger partial charge on any atom is -0.484 e. The first kappa shape index (κ1) is 24.2. The van der Waals surface area contributed by atoms with Gasteiger partial charge in [-0.2, -0.15) is 0 Å². The van der Waals surface area contributed by atoms with E-state index in [1.165, 1.54) is 14.7 Å². The number of hydrogen-bond acceptors (Lipinski definition) is 4. The largest absolute Gasteiger partial charge is 0.484 e. The highest BCUT2D eigenvalue weighted by Gasteiger charge is 2.05. The Morgan fingerprint density at radius 1 is 1.21 bits per heavy atom. The molecule has 2 aromatic rings. The number of nitrogens with zero attached hydrogens (tertiary/aromatic N) is 2. The van der Waals surface area contributed by atoms with Gasteiger partial charge in [-0.25, -0.2) is 4.99 Å². The van der Waals surface area contributed by atoms with Crippen LogP contribution >= 0.6 is 35.3 Å². The first-order valence-electron chi connectivity index (χ1n) is 8.97. The molecule has 0 unspecified atom stereocenters. The van der Waals surface area contributed by atoms with E-state index in [0.717, 1.165) is 24.6 Å². The van der Waals surface area contributed by atoms with Crippen molar-refractivity contribution >= 4 is 47.2 Å². The number of amides is 1. The van der Waals surface area contributed by atoms with Gasteiger partial charge < -0.3 is 20.3 Å². The molecule has 0 aliphatic heterocycles. The minimum absolute atomic E-state index is 0. The van der Waals surface area contributed by atoms with Gasteiger partial charge in [0.2, 0.25) is 0 Å². The third kappa shape index (κ3) is 8.47. The van der Waals surface area contributed by atoms with Crippen LogP contribution < -0.4 is 15.4 Å². The molecule has 1 amide bonds. The van der Waals surface area contributed by atoms with Crippen LogP contribution in [0.5, 0.6) is 5.75 Å². The van der Waals surface area contributed by atoms with Crippen LogP contribution in [0.1, 0.15) is 22.2 Å². The van der Waals surface area contributed by atoms with Gasteiger partial charge in [0.15, 0.2) is 12.6 Å². The van der Waals surface area contributed by atoms with Crippen LogP contribution in [0.4, 0.5) is 0 Å². The number of hydrogen-bond donors (Lipinski definition) is 2. The fourth-order valence-electron chi connectivity index (χ4n) is 2.27. The highest BCUT2D eigenvalue weighted by Crippen LogP contribution is 2.15. The molecule has 6 nitrogen and oxygen atoms in total. The lowest BCUT2D eigenvalue weighted by molar-refractivity contribution is -0.130. The standard InChI is InChI=1S/C20H28N4O2S.HI/c1-5-21-20(23-13-18-10-9-15(2)27-18)22-12-16-7-6-8-17(11-16)26-14-19(25)24(3)4;/h6-11H,5,12-14H2,1-4H3,(H2,21,22,23);1H. The molecular weight excluding hydrogens is 487 g/mol.